The van der Waals surface area contributed by atoms with Gasteiger partial charge in [0.2, 0.25) is 5.91 Å². The summed E-state index contributed by atoms with van der Waals surface area (Å²) in [6.07, 6.45) is 1.69. The maximum atomic E-state index is 12.1. The molecule has 2 N–H and O–H groups in total. The molecule has 0 aliphatic carbocycles. The second-order valence-electron chi connectivity index (χ2n) is 6.80. The SMILES string of the molecule is NC(=O)C1CCCN1c1nc(-c2cccs2)nc2scc(-c3ccccc3)c12. The molecule has 7 heteroatoms. The Kier molecular flexibility index (Phi) is 4.33. The lowest BCUT2D eigenvalue weighted by Crippen LogP contribution is -2.40. The van der Waals surface area contributed by atoms with Gasteiger partial charge in [-0.1, -0.05) is 36.4 Å². The molecule has 1 fully saturated rings. The minimum absolute atomic E-state index is 0.293. The van der Waals surface area contributed by atoms with Crippen LogP contribution in [0.1, 0.15) is 12.8 Å². The van der Waals surface area contributed by atoms with E-state index in [-0.39, 0.29) is 11.9 Å². The number of thiophene rings is 2. The number of amides is 1. The third-order valence-corrected chi connectivity index (χ3v) is 6.83. The first-order chi connectivity index (χ1) is 13.7. The van der Waals surface area contributed by atoms with Gasteiger partial charge in [-0.2, -0.15) is 0 Å². The summed E-state index contributed by atoms with van der Waals surface area (Å²) in [6.45, 7) is 0.772. The molecule has 0 radical (unpaired) electrons. The molecule has 1 unspecified atom stereocenters. The number of nitrogens with zero attached hydrogens (tertiary/aromatic N) is 3. The lowest BCUT2D eigenvalue weighted by atomic mass is 10.1. The number of nitrogens with two attached hydrogens (primary N) is 1. The predicted molar refractivity (Wildman–Crippen MR) is 116 cm³/mol. The van der Waals surface area contributed by atoms with Gasteiger partial charge in [-0.05, 0) is 29.9 Å². The number of hydrogen-bond donors (Lipinski definition) is 1. The van der Waals surface area contributed by atoms with Gasteiger partial charge in [0.15, 0.2) is 5.82 Å². The fraction of sp³-hybridized carbons (Fsp3) is 0.190. The molecule has 1 aliphatic rings. The summed E-state index contributed by atoms with van der Waals surface area (Å²) >= 11 is 3.23. The molecule has 5 nitrogen and oxygen atoms in total. The van der Waals surface area contributed by atoms with Crippen molar-refractivity contribution in [3.63, 3.8) is 0 Å². The second kappa shape index (κ2) is 7.00. The van der Waals surface area contributed by atoms with Gasteiger partial charge in [0.25, 0.3) is 0 Å². The van der Waals surface area contributed by atoms with Crippen molar-refractivity contribution in [2.24, 2.45) is 5.73 Å². The zero-order chi connectivity index (χ0) is 19.1. The van der Waals surface area contributed by atoms with Crippen molar-refractivity contribution in [1.29, 1.82) is 0 Å². The molecular weight excluding hydrogens is 388 g/mol. The third kappa shape index (κ3) is 2.87. The molecule has 1 amide bonds. The standard InChI is InChI=1S/C21H18N4OS2/c22-18(26)15-8-4-10-25(15)20-17-14(13-6-2-1-3-7-13)12-28-21(17)24-19(23-20)16-9-5-11-27-16/h1-3,5-7,9,11-12,15H,4,8,10H2,(H2,22,26). The topological polar surface area (TPSA) is 72.1 Å². The number of aromatic nitrogens is 2. The van der Waals surface area contributed by atoms with E-state index in [0.717, 1.165) is 51.4 Å². The zero-order valence-corrected chi connectivity index (χ0v) is 16.7. The van der Waals surface area contributed by atoms with E-state index in [0.29, 0.717) is 5.82 Å². The van der Waals surface area contributed by atoms with Crippen LogP contribution in [0.3, 0.4) is 0 Å². The number of benzene rings is 1. The number of hydrogen-bond acceptors (Lipinski definition) is 6. The molecule has 0 saturated carbocycles. The van der Waals surface area contributed by atoms with Crippen molar-refractivity contribution < 1.29 is 4.79 Å². The minimum atomic E-state index is -0.321. The van der Waals surface area contributed by atoms with Crippen LogP contribution in [0.15, 0.2) is 53.2 Å². The molecule has 4 aromatic rings. The van der Waals surface area contributed by atoms with Crippen LogP contribution in [-0.4, -0.2) is 28.5 Å². The Hall–Kier alpha value is -2.77. The molecule has 1 saturated heterocycles. The Balaban J connectivity index is 1.77. The Bertz CT molecular complexity index is 1140. The second-order valence-corrected chi connectivity index (χ2v) is 8.60. The Morgan fingerprint density at radius 2 is 1.96 bits per heavy atom. The van der Waals surface area contributed by atoms with E-state index < -0.39 is 0 Å². The normalized spacial score (nSPS) is 16.7. The molecule has 4 heterocycles. The Labute approximate surface area is 170 Å². The van der Waals surface area contributed by atoms with Crippen LogP contribution in [0.5, 0.6) is 0 Å². The average Bonchev–Trinajstić information content (AvgIpc) is 3.47. The van der Waals surface area contributed by atoms with Crippen molar-refractivity contribution in [3.8, 4) is 21.8 Å². The fourth-order valence-corrected chi connectivity index (χ4v) is 5.39. The van der Waals surface area contributed by atoms with Crippen LogP contribution in [0.25, 0.3) is 32.0 Å². The summed E-state index contributed by atoms with van der Waals surface area (Å²) in [5.74, 6) is 1.22. The molecule has 1 aromatic carbocycles. The maximum Gasteiger partial charge on any atom is 0.240 e. The molecule has 3 aromatic heterocycles. The van der Waals surface area contributed by atoms with Gasteiger partial charge in [-0.3, -0.25) is 4.79 Å². The van der Waals surface area contributed by atoms with E-state index in [4.69, 9.17) is 15.7 Å². The summed E-state index contributed by atoms with van der Waals surface area (Å²) < 4.78 is 0. The van der Waals surface area contributed by atoms with Crippen molar-refractivity contribution in [2.45, 2.75) is 18.9 Å². The smallest absolute Gasteiger partial charge is 0.240 e. The molecule has 140 valence electrons. The van der Waals surface area contributed by atoms with Crippen LogP contribution in [0, 0.1) is 0 Å². The van der Waals surface area contributed by atoms with E-state index in [9.17, 15) is 4.79 Å². The monoisotopic (exact) mass is 406 g/mol. The van der Waals surface area contributed by atoms with Crippen LogP contribution in [0.4, 0.5) is 5.82 Å². The van der Waals surface area contributed by atoms with E-state index in [2.05, 4.69) is 22.4 Å². The summed E-state index contributed by atoms with van der Waals surface area (Å²) in [5, 5.41) is 5.16. The molecule has 0 bridgehead atoms. The van der Waals surface area contributed by atoms with Crippen molar-refractivity contribution >= 4 is 44.6 Å². The number of carbonyl (C=O) groups excluding carboxylic acids is 1. The first-order valence-electron chi connectivity index (χ1n) is 9.17. The third-order valence-electron chi connectivity index (χ3n) is 5.09. The summed E-state index contributed by atoms with van der Waals surface area (Å²) in [4.78, 5) is 25.9. The van der Waals surface area contributed by atoms with Crippen LogP contribution in [0.2, 0.25) is 0 Å². The van der Waals surface area contributed by atoms with Crippen molar-refractivity contribution in [3.05, 3.63) is 53.2 Å². The maximum absolute atomic E-state index is 12.1. The lowest BCUT2D eigenvalue weighted by molar-refractivity contribution is -0.119. The lowest BCUT2D eigenvalue weighted by Gasteiger charge is -2.24. The highest BCUT2D eigenvalue weighted by Gasteiger charge is 2.32. The van der Waals surface area contributed by atoms with Gasteiger partial charge >= 0.3 is 0 Å². The fourth-order valence-electron chi connectivity index (χ4n) is 3.79. The molecule has 0 spiro atoms. The largest absolute Gasteiger partial charge is 0.368 e. The first-order valence-corrected chi connectivity index (χ1v) is 10.9. The number of anilines is 1. The van der Waals surface area contributed by atoms with Gasteiger partial charge < -0.3 is 10.6 Å². The summed E-state index contributed by atoms with van der Waals surface area (Å²) in [7, 11) is 0. The van der Waals surface area contributed by atoms with E-state index in [1.165, 1.54) is 0 Å². The van der Waals surface area contributed by atoms with Crippen molar-refractivity contribution in [2.75, 3.05) is 11.4 Å². The quantitative estimate of drug-likeness (QED) is 0.540. The number of rotatable bonds is 4. The molecule has 1 aliphatic heterocycles. The molecular formula is C21H18N4OS2. The highest BCUT2D eigenvalue weighted by Crippen LogP contribution is 2.41. The molecule has 28 heavy (non-hydrogen) atoms. The van der Waals surface area contributed by atoms with Gasteiger partial charge in [-0.25, -0.2) is 9.97 Å². The minimum Gasteiger partial charge on any atom is -0.368 e. The average molecular weight is 407 g/mol. The molecule has 5 rings (SSSR count). The number of fused-ring (bicyclic) bond motifs is 1. The first kappa shape index (κ1) is 17.3. The van der Waals surface area contributed by atoms with Gasteiger partial charge in [0.05, 0.1) is 10.3 Å². The van der Waals surface area contributed by atoms with Gasteiger partial charge in [0, 0.05) is 17.5 Å². The predicted octanol–water partition coefficient (Wildman–Crippen LogP) is 4.54. The van der Waals surface area contributed by atoms with Crippen LogP contribution < -0.4 is 10.6 Å². The highest BCUT2D eigenvalue weighted by molar-refractivity contribution is 7.17. The van der Waals surface area contributed by atoms with E-state index >= 15 is 0 Å². The summed E-state index contributed by atoms with van der Waals surface area (Å²) in [5.41, 5.74) is 7.93. The van der Waals surface area contributed by atoms with Gasteiger partial charge in [-0.15, -0.1) is 22.7 Å². The summed E-state index contributed by atoms with van der Waals surface area (Å²) in [6, 6.07) is 14.0. The number of carbonyl (C=O) groups is 1. The number of primary amides is 1. The molecule has 1 atom stereocenters. The van der Waals surface area contributed by atoms with Gasteiger partial charge in [0.1, 0.15) is 16.7 Å². The van der Waals surface area contributed by atoms with Crippen LogP contribution in [-0.2, 0) is 4.79 Å². The Morgan fingerprint density at radius 1 is 1.11 bits per heavy atom. The van der Waals surface area contributed by atoms with E-state index in [1.807, 2.05) is 35.7 Å². The van der Waals surface area contributed by atoms with E-state index in [1.54, 1.807) is 22.7 Å². The van der Waals surface area contributed by atoms with Crippen molar-refractivity contribution in [1.82, 2.24) is 9.97 Å². The zero-order valence-electron chi connectivity index (χ0n) is 15.0. The Morgan fingerprint density at radius 3 is 2.71 bits per heavy atom. The van der Waals surface area contributed by atoms with Crippen LogP contribution >= 0.6 is 22.7 Å². The highest BCUT2D eigenvalue weighted by atomic mass is 32.1.